The molecule has 4 rings (SSSR count). The number of carbonyl (C=O) groups is 1. The van der Waals surface area contributed by atoms with Crippen molar-refractivity contribution in [3.63, 3.8) is 0 Å². The molecule has 3 atom stereocenters. The summed E-state index contributed by atoms with van der Waals surface area (Å²) in [5.74, 6) is 0.598. The lowest BCUT2D eigenvalue weighted by molar-refractivity contribution is -0.127. The van der Waals surface area contributed by atoms with Crippen molar-refractivity contribution in [3.8, 4) is 0 Å². The molecule has 144 valence electrons. The summed E-state index contributed by atoms with van der Waals surface area (Å²) in [6.45, 7) is 9.37. The minimum atomic E-state index is -0.300. The van der Waals surface area contributed by atoms with Crippen LogP contribution in [0.3, 0.4) is 0 Å². The second kappa shape index (κ2) is 8.77. The molecule has 0 aliphatic carbocycles. The van der Waals surface area contributed by atoms with Crippen molar-refractivity contribution in [2.75, 3.05) is 26.2 Å². The predicted molar refractivity (Wildman–Crippen MR) is 107 cm³/mol. The Kier molecular flexibility index (Phi) is 6.65. The van der Waals surface area contributed by atoms with Crippen LogP contribution >= 0.6 is 23.2 Å². The number of carbonyl (C=O) groups excluding carboxylic acids is 1. The molecule has 26 heavy (non-hydrogen) atoms. The SMILES string of the molecule is C=CCC(Cl)/C(=C(\C)Cl)N1CC(C(=O)NC2CN3CCC2CC3)CC=N1. The highest BCUT2D eigenvalue weighted by atomic mass is 35.5. The Bertz CT molecular complexity index is 594. The van der Waals surface area contributed by atoms with Gasteiger partial charge in [0.05, 0.1) is 23.5 Å². The fraction of sp³-hybridized carbons (Fsp3) is 0.684. The van der Waals surface area contributed by atoms with Gasteiger partial charge in [-0.3, -0.25) is 9.80 Å². The number of amides is 1. The lowest BCUT2D eigenvalue weighted by Gasteiger charge is -2.45. The number of hydrogen-bond donors (Lipinski definition) is 1. The first kappa shape index (κ1) is 19.7. The zero-order chi connectivity index (χ0) is 18.7. The largest absolute Gasteiger partial charge is 0.351 e. The van der Waals surface area contributed by atoms with Crippen LogP contribution in [0.15, 0.2) is 28.5 Å². The summed E-state index contributed by atoms with van der Waals surface area (Å²) in [5, 5.41) is 9.81. The number of allylic oxidation sites excluding steroid dienone is 3. The summed E-state index contributed by atoms with van der Waals surface area (Å²) in [5.41, 5.74) is 0.754. The number of hydrazone groups is 1. The van der Waals surface area contributed by atoms with E-state index in [1.807, 2.05) is 6.92 Å². The van der Waals surface area contributed by atoms with Crippen molar-refractivity contribution in [1.82, 2.24) is 15.2 Å². The van der Waals surface area contributed by atoms with Gasteiger partial charge in [0, 0.05) is 23.8 Å². The molecule has 0 saturated carbocycles. The van der Waals surface area contributed by atoms with Crippen molar-refractivity contribution >= 4 is 35.3 Å². The molecule has 0 spiro atoms. The van der Waals surface area contributed by atoms with E-state index in [4.69, 9.17) is 23.2 Å². The highest BCUT2D eigenvalue weighted by Gasteiger charge is 2.36. The van der Waals surface area contributed by atoms with E-state index in [9.17, 15) is 4.79 Å². The average Bonchev–Trinajstić information content (AvgIpc) is 2.63. The minimum Gasteiger partial charge on any atom is -0.351 e. The quantitative estimate of drug-likeness (QED) is 0.552. The van der Waals surface area contributed by atoms with Crippen LogP contribution in [0.1, 0.15) is 32.6 Å². The number of halogens is 2. The smallest absolute Gasteiger partial charge is 0.225 e. The van der Waals surface area contributed by atoms with Crippen LogP contribution < -0.4 is 5.32 Å². The maximum absolute atomic E-state index is 12.9. The van der Waals surface area contributed by atoms with Crippen LogP contribution in [0, 0.1) is 11.8 Å². The van der Waals surface area contributed by atoms with E-state index in [0.717, 1.165) is 12.2 Å². The molecule has 3 saturated heterocycles. The van der Waals surface area contributed by atoms with Gasteiger partial charge < -0.3 is 10.2 Å². The molecular weight excluding hydrogens is 371 g/mol. The summed E-state index contributed by atoms with van der Waals surface area (Å²) in [4.78, 5) is 15.3. The fourth-order valence-corrected chi connectivity index (χ4v) is 4.88. The van der Waals surface area contributed by atoms with E-state index in [1.165, 1.54) is 25.9 Å². The molecule has 0 radical (unpaired) electrons. The Morgan fingerprint density at radius 3 is 2.73 bits per heavy atom. The van der Waals surface area contributed by atoms with Crippen LogP contribution in [-0.4, -0.2) is 59.6 Å². The predicted octanol–water partition coefficient (Wildman–Crippen LogP) is 3.16. The monoisotopic (exact) mass is 398 g/mol. The molecule has 7 heteroatoms. The molecule has 1 N–H and O–H groups in total. The van der Waals surface area contributed by atoms with Crippen molar-refractivity contribution in [1.29, 1.82) is 0 Å². The van der Waals surface area contributed by atoms with Crippen LogP contribution in [0.25, 0.3) is 0 Å². The van der Waals surface area contributed by atoms with Crippen molar-refractivity contribution in [2.24, 2.45) is 16.9 Å². The Balaban J connectivity index is 1.63. The maximum Gasteiger partial charge on any atom is 0.225 e. The number of fused-ring (bicyclic) bond motifs is 3. The molecule has 5 nitrogen and oxygen atoms in total. The average molecular weight is 399 g/mol. The van der Waals surface area contributed by atoms with E-state index in [0.29, 0.717) is 30.3 Å². The number of nitrogens with zero attached hydrogens (tertiary/aromatic N) is 3. The highest BCUT2D eigenvalue weighted by Crippen LogP contribution is 2.29. The topological polar surface area (TPSA) is 47.9 Å². The van der Waals surface area contributed by atoms with Crippen molar-refractivity contribution in [3.05, 3.63) is 23.4 Å². The Labute approximate surface area is 166 Å². The number of rotatable bonds is 6. The van der Waals surface area contributed by atoms with E-state index < -0.39 is 0 Å². The Morgan fingerprint density at radius 2 is 2.15 bits per heavy atom. The van der Waals surface area contributed by atoms with Crippen LogP contribution in [0.4, 0.5) is 0 Å². The van der Waals surface area contributed by atoms with Crippen LogP contribution in [0.5, 0.6) is 0 Å². The number of nitrogens with one attached hydrogen (secondary N) is 1. The van der Waals surface area contributed by atoms with Gasteiger partial charge in [0.25, 0.3) is 0 Å². The van der Waals surface area contributed by atoms with Crippen molar-refractivity contribution < 1.29 is 4.79 Å². The van der Waals surface area contributed by atoms with Gasteiger partial charge in [0.2, 0.25) is 5.91 Å². The first-order chi connectivity index (χ1) is 12.5. The van der Waals surface area contributed by atoms with E-state index in [1.54, 1.807) is 17.3 Å². The maximum atomic E-state index is 12.9. The molecule has 0 aromatic rings. The third-order valence-electron chi connectivity index (χ3n) is 5.66. The van der Waals surface area contributed by atoms with Gasteiger partial charge in [0.1, 0.15) is 0 Å². The zero-order valence-electron chi connectivity index (χ0n) is 15.3. The van der Waals surface area contributed by atoms with Gasteiger partial charge in [-0.05, 0) is 51.6 Å². The summed E-state index contributed by atoms with van der Waals surface area (Å²) < 4.78 is 0. The van der Waals surface area contributed by atoms with Gasteiger partial charge in [-0.15, -0.1) is 18.2 Å². The fourth-order valence-electron chi connectivity index (χ4n) is 4.20. The lowest BCUT2D eigenvalue weighted by atomic mass is 9.83. The number of hydrogen-bond acceptors (Lipinski definition) is 4. The molecule has 2 bridgehead atoms. The Morgan fingerprint density at radius 1 is 1.42 bits per heavy atom. The van der Waals surface area contributed by atoms with E-state index in [2.05, 4.69) is 21.9 Å². The molecule has 1 amide bonds. The summed E-state index contributed by atoms with van der Waals surface area (Å²) >= 11 is 12.7. The normalized spacial score (nSPS) is 32.8. The van der Waals surface area contributed by atoms with E-state index >= 15 is 0 Å². The van der Waals surface area contributed by atoms with E-state index in [-0.39, 0.29) is 23.2 Å². The lowest BCUT2D eigenvalue weighted by Crippen LogP contribution is -2.58. The van der Waals surface area contributed by atoms with Crippen LogP contribution in [-0.2, 0) is 4.79 Å². The molecular formula is C19H28Cl2N4O. The summed E-state index contributed by atoms with van der Waals surface area (Å²) in [6, 6.07) is 0.281. The third kappa shape index (κ3) is 4.44. The van der Waals surface area contributed by atoms with Crippen LogP contribution in [0.2, 0.25) is 0 Å². The second-order valence-electron chi connectivity index (χ2n) is 7.48. The summed E-state index contributed by atoms with van der Waals surface area (Å²) in [6.07, 6.45) is 7.19. The molecule has 4 aliphatic rings. The standard InChI is InChI=1S/C19H28Cl2N4O/c1-3-4-16(21)18(13(2)20)25-11-15(5-8-22-25)19(26)23-17-12-24-9-6-14(17)7-10-24/h3,8,14-17H,1,4-7,9-12H2,2H3,(H,23,26)/b18-13-. The minimum absolute atomic E-state index is 0.112. The van der Waals surface area contributed by atoms with Gasteiger partial charge in [0.15, 0.2) is 0 Å². The van der Waals surface area contributed by atoms with Gasteiger partial charge >= 0.3 is 0 Å². The first-order valence-electron chi connectivity index (χ1n) is 9.43. The van der Waals surface area contributed by atoms with Crippen molar-refractivity contribution in [2.45, 2.75) is 44.0 Å². The summed E-state index contributed by atoms with van der Waals surface area (Å²) in [7, 11) is 0. The van der Waals surface area contributed by atoms with Gasteiger partial charge in [-0.25, -0.2) is 0 Å². The molecule has 4 aliphatic heterocycles. The third-order valence-corrected chi connectivity index (χ3v) is 6.24. The van der Waals surface area contributed by atoms with Gasteiger partial charge in [-0.2, -0.15) is 5.10 Å². The van der Waals surface area contributed by atoms with Gasteiger partial charge in [-0.1, -0.05) is 17.7 Å². The number of alkyl halides is 1. The first-order valence-corrected chi connectivity index (χ1v) is 10.2. The molecule has 0 aromatic carbocycles. The number of piperidine rings is 3. The molecule has 3 unspecified atom stereocenters. The second-order valence-corrected chi connectivity index (χ2v) is 8.57. The molecule has 3 fully saturated rings. The Hall–Kier alpha value is -1.04. The zero-order valence-corrected chi connectivity index (χ0v) is 16.8. The highest BCUT2D eigenvalue weighted by molar-refractivity contribution is 6.31. The molecule has 0 aromatic heterocycles. The molecule has 4 heterocycles.